The first kappa shape index (κ1) is 31.9. The average molecular weight is 721 g/mol. The highest BCUT2D eigenvalue weighted by atomic mass is 32.2. The number of thioether (sulfide) groups is 1. The number of fused-ring (bicyclic) bond motifs is 8. The van der Waals surface area contributed by atoms with Gasteiger partial charge in [0, 0.05) is 49.6 Å². The Labute approximate surface area is 325 Å². The molecule has 0 N–H and O–H groups in total. The summed E-state index contributed by atoms with van der Waals surface area (Å²) >= 11 is 1.98. The van der Waals surface area contributed by atoms with Crippen LogP contribution in [0.15, 0.2) is 217 Å². The van der Waals surface area contributed by atoms with E-state index < -0.39 is 0 Å². The van der Waals surface area contributed by atoms with Crippen molar-refractivity contribution in [2.24, 2.45) is 0 Å². The van der Waals surface area contributed by atoms with Crippen LogP contribution in [-0.4, -0.2) is 9.82 Å². The zero-order chi connectivity index (χ0) is 36.3. The van der Waals surface area contributed by atoms with E-state index in [-0.39, 0.29) is 0 Å². The molecule has 0 spiro atoms. The Kier molecular flexibility index (Phi) is 7.60. The third-order valence-electron chi connectivity index (χ3n) is 11.3. The molecular formula is C52H36N2S. The van der Waals surface area contributed by atoms with Crippen molar-refractivity contribution in [3.63, 3.8) is 0 Å². The van der Waals surface area contributed by atoms with Crippen molar-refractivity contribution in [3.8, 4) is 27.9 Å². The van der Waals surface area contributed by atoms with Crippen LogP contribution in [-0.2, 0) is 0 Å². The highest BCUT2D eigenvalue weighted by Crippen LogP contribution is 2.50. The second kappa shape index (κ2) is 13.1. The van der Waals surface area contributed by atoms with Crippen LogP contribution in [0.5, 0.6) is 0 Å². The van der Waals surface area contributed by atoms with Crippen molar-refractivity contribution in [2.45, 2.75) is 16.1 Å². The summed E-state index contributed by atoms with van der Waals surface area (Å²) in [5, 5.41) is 5.51. The summed E-state index contributed by atoms with van der Waals surface area (Å²) in [7, 11) is 0. The van der Waals surface area contributed by atoms with Crippen LogP contribution in [0, 0.1) is 0 Å². The number of para-hydroxylation sites is 2. The summed E-state index contributed by atoms with van der Waals surface area (Å²) in [6, 6.07) is 68.6. The van der Waals surface area contributed by atoms with Gasteiger partial charge < -0.3 is 9.47 Å². The molecule has 1 aromatic heterocycles. The lowest BCUT2D eigenvalue weighted by atomic mass is 9.90. The molecule has 2 heterocycles. The maximum atomic E-state index is 2.48. The smallest absolute Gasteiger partial charge is 0.0547 e. The Balaban J connectivity index is 1.03. The van der Waals surface area contributed by atoms with Crippen molar-refractivity contribution < 1.29 is 0 Å². The average Bonchev–Trinajstić information content (AvgIpc) is 3.80. The maximum absolute atomic E-state index is 2.48. The van der Waals surface area contributed by atoms with E-state index in [0.29, 0.717) is 11.2 Å². The van der Waals surface area contributed by atoms with Crippen molar-refractivity contribution >= 4 is 55.7 Å². The van der Waals surface area contributed by atoms with Gasteiger partial charge in [0.1, 0.15) is 0 Å². The standard InChI is InChI=1S/C52H36N2S/c1-3-13-35(14-4-1)37-15-11-18-40(33-37)53(41-29-32-51-47(34-41)44-19-8-10-24-50(44)55-51)39-27-25-36(26-28-39)42-21-12-22-45-43(42)30-31-49-52(45)46-20-7-9-23-48(46)54(49)38-16-5-2-6-17-38/h1-34,47,51H. The van der Waals surface area contributed by atoms with Crippen molar-refractivity contribution in [1.82, 2.24) is 4.57 Å². The number of allylic oxidation sites excluding steroid dienone is 2. The quantitative estimate of drug-likeness (QED) is 0.169. The van der Waals surface area contributed by atoms with Crippen LogP contribution in [0.1, 0.15) is 11.5 Å². The number of hydrogen-bond acceptors (Lipinski definition) is 2. The van der Waals surface area contributed by atoms with Gasteiger partial charge in [0.05, 0.1) is 11.0 Å². The molecule has 0 fully saturated rings. The van der Waals surface area contributed by atoms with Gasteiger partial charge in [-0.2, -0.15) is 0 Å². The molecule has 3 heteroatoms. The predicted octanol–water partition coefficient (Wildman–Crippen LogP) is 14.1. The summed E-state index contributed by atoms with van der Waals surface area (Å²) in [5.41, 5.74) is 13.4. The summed E-state index contributed by atoms with van der Waals surface area (Å²) in [4.78, 5) is 3.82. The minimum absolute atomic E-state index is 0.334. The fraction of sp³-hybridized carbons (Fsp3) is 0.0385. The topological polar surface area (TPSA) is 8.17 Å². The fourth-order valence-electron chi connectivity index (χ4n) is 8.81. The van der Waals surface area contributed by atoms with Gasteiger partial charge in [-0.05, 0) is 99.3 Å². The lowest BCUT2D eigenvalue weighted by Gasteiger charge is -2.30. The first-order valence-electron chi connectivity index (χ1n) is 19.0. The normalized spacial score (nSPS) is 16.0. The second-order valence-electron chi connectivity index (χ2n) is 14.4. The van der Waals surface area contributed by atoms with Crippen LogP contribution in [0.4, 0.5) is 11.4 Å². The van der Waals surface area contributed by atoms with Gasteiger partial charge in [-0.15, -0.1) is 11.8 Å². The maximum Gasteiger partial charge on any atom is 0.0547 e. The fourth-order valence-corrected chi connectivity index (χ4v) is 10.1. The van der Waals surface area contributed by atoms with Crippen LogP contribution in [0.25, 0.3) is 60.5 Å². The number of rotatable bonds is 6. The molecule has 260 valence electrons. The van der Waals surface area contributed by atoms with Gasteiger partial charge >= 0.3 is 0 Å². The number of benzene rings is 8. The minimum Gasteiger partial charge on any atom is -0.311 e. The molecule has 0 amide bonds. The van der Waals surface area contributed by atoms with Crippen LogP contribution < -0.4 is 4.90 Å². The molecule has 2 nitrogen and oxygen atoms in total. The van der Waals surface area contributed by atoms with Crippen molar-refractivity contribution in [1.29, 1.82) is 0 Å². The first-order chi connectivity index (χ1) is 27.3. The molecule has 0 radical (unpaired) electrons. The lowest BCUT2D eigenvalue weighted by Crippen LogP contribution is -2.20. The van der Waals surface area contributed by atoms with Crippen LogP contribution >= 0.6 is 11.8 Å². The first-order valence-corrected chi connectivity index (χ1v) is 19.9. The molecule has 8 aromatic carbocycles. The Morgan fingerprint density at radius 3 is 2.09 bits per heavy atom. The third-order valence-corrected chi connectivity index (χ3v) is 12.7. The van der Waals surface area contributed by atoms with Crippen molar-refractivity contribution in [2.75, 3.05) is 4.90 Å². The van der Waals surface area contributed by atoms with Gasteiger partial charge in [0.15, 0.2) is 0 Å². The Morgan fingerprint density at radius 2 is 1.22 bits per heavy atom. The minimum atomic E-state index is 0.334. The summed E-state index contributed by atoms with van der Waals surface area (Å²) in [6.45, 7) is 0. The molecule has 11 rings (SSSR count). The molecule has 9 aromatic rings. The summed E-state index contributed by atoms with van der Waals surface area (Å²) in [6.07, 6.45) is 7.21. The summed E-state index contributed by atoms with van der Waals surface area (Å²) in [5.74, 6) is 0.334. The van der Waals surface area contributed by atoms with Crippen LogP contribution in [0.3, 0.4) is 0 Å². The zero-order valence-electron chi connectivity index (χ0n) is 30.1. The lowest BCUT2D eigenvalue weighted by molar-refractivity contribution is 0.863. The van der Waals surface area contributed by atoms with E-state index >= 15 is 0 Å². The zero-order valence-corrected chi connectivity index (χ0v) is 30.9. The van der Waals surface area contributed by atoms with Gasteiger partial charge in [-0.25, -0.2) is 0 Å². The number of aromatic nitrogens is 1. The third kappa shape index (κ3) is 5.34. The number of anilines is 2. The molecule has 55 heavy (non-hydrogen) atoms. The molecule has 0 saturated heterocycles. The molecule has 1 aliphatic heterocycles. The molecule has 2 unspecified atom stereocenters. The Hall–Kier alpha value is -6.55. The van der Waals surface area contributed by atoms with Gasteiger partial charge in [0.2, 0.25) is 0 Å². The van der Waals surface area contributed by atoms with E-state index in [2.05, 4.69) is 216 Å². The Bertz CT molecular complexity index is 2960. The Morgan fingerprint density at radius 1 is 0.491 bits per heavy atom. The molecule has 2 atom stereocenters. The van der Waals surface area contributed by atoms with Gasteiger partial charge in [-0.3, -0.25) is 0 Å². The van der Waals surface area contributed by atoms with Crippen molar-refractivity contribution in [3.05, 3.63) is 218 Å². The largest absolute Gasteiger partial charge is 0.311 e. The van der Waals surface area contributed by atoms with E-state index in [1.807, 2.05) is 11.8 Å². The highest BCUT2D eigenvalue weighted by Gasteiger charge is 2.33. The van der Waals surface area contributed by atoms with E-state index in [0.717, 1.165) is 11.4 Å². The molecule has 1 aliphatic carbocycles. The predicted molar refractivity (Wildman–Crippen MR) is 234 cm³/mol. The molecular weight excluding hydrogens is 685 g/mol. The van der Waals surface area contributed by atoms with Gasteiger partial charge in [0.25, 0.3) is 0 Å². The molecule has 0 saturated carbocycles. The SMILES string of the molecule is C1=CC2Sc3ccccc3C2C=C1N(c1ccc(-c2cccc3c2ccc2c3c3ccccc3n2-c2ccccc2)cc1)c1cccc(-c2ccccc2)c1. The van der Waals surface area contributed by atoms with E-state index in [9.17, 15) is 0 Å². The molecule has 2 aliphatic rings. The highest BCUT2D eigenvalue weighted by molar-refractivity contribution is 8.00. The van der Waals surface area contributed by atoms with E-state index in [1.54, 1.807) is 0 Å². The van der Waals surface area contributed by atoms with E-state index in [4.69, 9.17) is 0 Å². The van der Waals surface area contributed by atoms with E-state index in [1.165, 1.54) is 76.7 Å². The van der Waals surface area contributed by atoms with Crippen LogP contribution in [0.2, 0.25) is 0 Å². The monoisotopic (exact) mass is 720 g/mol. The number of nitrogens with zero attached hydrogens (tertiary/aromatic N) is 2. The summed E-state index contributed by atoms with van der Waals surface area (Å²) < 4.78 is 2.40. The van der Waals surface area contributed by atoms with Gasteiger partial charge in [-0.1, -0.05) is 146 Å². The number of hydrogen-bond donors (Lipinski definition) is 0. The molecule has 0 bridgehead atoms. The second-order valence-corrected chi connectivity index (χ2v) is 15.7.